The Morgan fingerprint density at radius 3 is 2.71 bits per heavy atom. The van der Waals surface area contributed by atoms with E-state index >= 15 is 0 Å². The summed E-state index contributed by atoms with van der Waals surface area (Å²) in [4.78, 5) is 38.0. The molecule has 0 saturated carbocycles. The molecule has 28 heavy (non-hydrogen) atoms. The topological polar surface area (TPSA) is 99.5 Å². The molecule has 0 bridgehead atoms. The number of carbonyl (C=O) groups excluding carboxylic acids is 3. The lowest BCUT2D eigenvalue weighted by Crippen LogP contribution is -2.50. The van der Waals surface area contributed by atoms with Crippen molar-refractivity contribution in [2.45, 2.75) is 39.3 Å². The van der Waals surface area contributed by atoms with Gasteiger partial charge >= 0.3 is 5.97 Å². The van der Waals surface area contributed by atoms with Gasteiger partial charge in [0.25, 0.3) is 5.91 Å². The van der Waals surface area contributed by atoms with E-state index in [1.165, 1.54) is 0 Å². The van der Waals surface area contributed by atoms with Crippen molar-refractivity contribution in [3.63, 3.8) is 0 Å². The Morgan fingerprint density at radius 1 is 1.43 bits per heavy atom. The summed E-state index contributed by atoms with van der Waals surface area (Å²) in [5, 5.41) is 12.4. The first-order valence-electron chi connectivity index (χ1n) is 9.06. The van der Waals surface area contributed by atoms with E-state index in [4.69, 9.17) is 16.3 Å². The molecule has 1 aromatic carbocycles. The van der Waals surface area contributed by atoms with Gasteiger partial charge < -0.3 is 15.0 Å². The summed E-state index contributed by atoms with van der Waals surface area (Å²) in [6.07, 6.45) is 0.0345. The van der Waals surface area contributed by atoms with Crippen molar-refractivity contribution < 1.29 is 19.1 Å². The highest BCUT2D eigenvalue weighted by atomic mass is 35.5. The minimum Gasteiger partial charge on any atom is -0.455 e. The molecule has 2 amide bonds. The first kappa shape index (κ1) is 21.7. The molecule has 1 aliphatic rings. The summed E-state index contributed by atoms with van der Waals surface area (Å²) in [6.45, 7) is 5.28. The van der Waals surface area contributed by atoms with E-state index in [9.17, 15) is 19.6 Å². The average Bonchev–Trinajstić information content (AvgIpc) is 3.02. The fourth-order valence-corrected chi connectivity index (χ4v) is 2.99. The zero-order valence-corrected chi connectivity index (χ0v) is 17.0. The van der Waals surface area contributed by atoms with Crippen LogP contribution in [-0.4, -0.2) is 41.4 Å². The van der Waals surface area contributed by atoms with Gasteiger partial charge in [0.2, 0.25) is 5.91 Å². The number of rotatable bonds is 7. The maximum atomic E-state index is 12.3. The van der Waals surface area contributed by atoms with Gasteiger partial charge in [0, 0.05) is 24.5 Å². The standard InChI is InChI=1S/C20H24ClN3O4/c1-13(2)20(3,12-22)23-17(25)11-28-19(27)15-8-18(26)24(10-15)9-14-6-4-5-7-16(14)21/h4-7,13,15H,8-11H2,1-3H3,(H,23,25)/t15-,20-/m1/s1. The average molecular weight is 406 g/mol. The number of carbonyl (C=O) groups is 3. The number of esters is 1. The monoisotopic (exact) mass is 405 g/mol. The van der Waals surface area contributed by atoms with Crippen LogP contribution in [0.1, 0.15) is 32.8 Å². The molecule has 2 atom stereocenters. The minimum absolute atomic E-state index is 0.0345. The number of amides is 2. The van der Waals surface area contributed by atoms with Crippen molar-refractivity contribution >= 4 is 29.4 Å². The highest BCUT2D eigenvalue weighted by Gasteiger charge is 2.36. The molecule has 1 saturated heterocycles. The summed E-state index contributed by atoms with van der Waals surface area (Å²) in [5.41, 5.74) is -0.242. The van der Waals surface area contributed by atoms with Crippen LogP contribution in [0.3, 0.4) is 0 Å². The molecule has 7 nitrogen and oxygen atoms in total. The molecule has 0 aliphatic carbocycles. The molecule has 0 radical (unpaired) electrons. The number of nitrogens with zero attached hydrogens (tertiary/aromatic N) is 2. The molecule has 2 rings (SSSR count). The summed E-state index contributed by atoms with van der Waals surface area (Å²) in [7, 11) is 0. The molecule has 1 fully saturated rings. The van der Waals surface area contributed by atoms with Gasteiger partial charge in [0.05, 0.1) is 12.0 Å². The molecule has 1 aromatic rings. The third-order valence-electron chi connectivity index (χ3n) is 5.00. The third-order valence-corrected chi connectivity index (χ3v) is 5.37. The van der Waals surface area contributed by atoms with Crippen molar-refractivity contribution in [1.29, 1.82) is 5.26 Å². The van der Waals surface area contributed by atoms with Crippen LogP contribution < -0.4 is 5.32 Å². The molecule has 150 valence electrons. The van der Waals surface area contributed by atoms with Gasteiger partial charge in [0.15, 0.2) is 6.61 Å². The normalized spacial score (nSPS) is 18.5. The van der Waals surface area contributed by atoms with E-state index < -0.39 is 29.9 Å². The number of ether oxygens (including phenoxy) is 1. The van der Waals surface area contributed by atoms with Gasteiger partial charge in [0.1, 0.15) is 5.54 Å². The van der Waals surface area contributed by atoms with Crippen molar-refractivity contribution in [3.8, 4) is 6.07 Å². The van der Waals surface area contributed by atoms with Gasteiger partial charge in [-0.05, 0) is 24.5 Å². The summed E-state index contributed by atoms with van der Waals surface area (Å²) in [6, 6.07) is 9.26. The number of likely N-dealkylation sites (tertiary alicyclic amines) is 1. The van der Waals surface area contributed by atoms with Gasteiger partial charge in [-0.2, -0.15) is 5.26 Å². The third kappa shape index (κ3) is 5.23. The second-order valence-electron chi connectivity index (χ2n) is 7.39. The van der Waals surface area contributed by atoms with E-state index in [1.54, 1.807) is 24.0 Å². The fourth-order valence-electron chi connectivity index (χ4n) is 2.80. The largest absolute Gasteiger partial charge is 0.455 e. The Labute approximate surface area is 169 Å². The summed E-state index contributed by atoms with van der Waals surface area (Å²) >= 11 is 6.12. The van der Waals surface area contributed by atoms with Gasteiger partial charge in [-0.3, -0.25) is 14.4 Å². The molecule has 1 heterocycles. The second-order valence-corrected chi connectivity index (χ2v) is 7.80. The van der Waals surface area contributed by atoms with E-state index in [2.05, 4.69) is 11.4 Å². The molecule has 0 spiro atoms. The number of hydrogen-bond donors (Lipinski definition) is 1. The lowest BCUT2D eigenvalue weighted by Gasteiger charge is -2.27. The molecule has 0 unspecified atom stereocenters. The molecular formula is C20H24ClN3O4. The summed E-state index contributed by atoms with van der Waals surface area (Å²) < 4.78 is 5.06. The second kappa shape index (κ2) is 9.07. The number of nitrogens with one attached hydrogen (secondary N) is 1. The maximum absolute atomic E-state index is 12.3. The van der Waals surface area contributed by atoms with Crippen LogP contribution in [0.15, 0.2) is 24.3 Å². The molecule has 1 N–H and O–H groups in total. The molecule has 0 aromatic heterocycles. The minimum atomic E-state index is -1.04. The Hall–Kier alpha value is -2.59. The Morgan fingerprint density at radius 2 is 2.11 bits per heavy atom. The van der Waals surface area contributed by atoms with Gasteiger partial charge in [-0.25, -0.2) is 0 Å². The van der Waals surface area contributed by atoms with Crippen LogP contribution in [0, 0.1) is 23.2 Å². The highest BCUT2D eigenvalue weighted by molar-refractivity contribution is 6.31. The van der Waals surface area contributed by atoms with E-state index in [0.29, 0.717) is 11.6 Å². The van der Waals surface area contributed by atoms with Crippen LogP contribution >= 0.6 is 11.6 Å². The van der Waals surface area contributed by atoms with Crippen molar-refractivity contribution in [3.05, 3.63) is 34.9 Å². The van der Waals surface area contributed by atoms with Crippen molar-refractivity contribution in [1.82, 2.24) is 10.2 Å². The highest BCUT2D eigenvalue weighted by Crippen LogP contribution is 2.24. The zero-order valence-electron chi connectivity index (χ0n) is 16.2. The van der Waals surface area contributed by atoms with Gasteiger partial charge in [-0.1, -0.05) is 43.6 Å². The smallest absolute Gasteiger partial charge is 0.311 e. The Kier molecular flexibility index (Phi) is 7.03. The lowest BCUT2D eigenvalue weighted by atomic mass is 9.90. The summed E-state index contributed by atoms with van der Waals surface area (Å²) in [5.74, 6) is -2.06. The van der Waals surface area contributed by atoms with Crippen LogP contribution in [-0.2, 0) is 25.7 Å². The quantitative estimate of drug-likeness (QED) is 0.701. The van der Waals surface area contributed by atoms with E-state index in [-0.39, 0.29) is 24.8 Å². The number of benzene rings is 1. The first-order valence-corrected chi connectivity index (χ1v) is 9.44. The van der Waals surface area contributed by atoms with Crippen LogP contribution in [0.2, 0.25) is 5.02 Å². The molecule has 8 heteroatoms. The SMILES string of the molecule is CC(C)[C@@](C)(C#N)NC(=O)COC(=O)[C@@H]1CC(=O)N(Cc2ccccc2Cl)C1. The predicted octanol–water partition coefficient (Wildman–Crippen LogP) is 2.29. The van der Waals surface area contributed by atoms with Gasteiger partial charge in [-0.15, -0.1) is 0 Å². The van der Waals surface area contributed by atoms with Crippen LogP contribution in [0.5, 0.6) is 0 Å². The number of halogens is 1. The number of hydrogen-bond acceptors (Lipinski definition) is 5. The fraction of sp³-hybridized carbons (Fsp3) is 0.500. The van der Waals surface area contributed by atoms with Crippen LogP contribution in [0.25, 0.3) is 0 Å². The predicted molar refractivity (Wildman–Crippen MR) is 103 cm³/mol. The van der Waals surface area contributed by atoms with Crippen LogP contribution in [0.4, 0.5) is 0 Å². The number of nitriles is 1. The van der Waals surface area contributed by atoms with E-state index in [1.807, 2.05) is 26.0 Å². The lowest BCUT2D eigenvalue weighted by molar-refractivity contribution is -0.152. The van der Waals surface area contributed by atoms with E-state index in [0.717, 1.165) is 5.56 Å². The molecular weight excluding hydrogens is 382 g/mol. The molecule has 1 aliphatic heterocycles. The Bertz CT molecular complexity index is 805. The zero-order chi connectivity index (χ0) is 20.9. The van der Waals surface area contributed by atoms with Crippen molar-refractivity contribution in [2.24, 2.45) is 11.8 Å². The first-order chi connectivity index (χ1) is 13.2. The Balaban J connectivity index is 1.87. The van der Waals surface area contributed by atoms with Crippen molar-refractivity contribution in [2.75, 3.05) is 13.2 Å². The maximum Gasteiger partial charge on any atom is 0.311 e.